The van der Waals surface area contributed by atoms with Crippen LogP contribution in [0.1, 0.15) is 24.0 Å². The van der Waals surface area contributed by atoms with Crippen molar-refractivity contribution in [3.63, 3.8) is 0 Å². The standard InChI is InChI=1S/C25H31BrN4O3S/c26-22-16-21-8-10-30(25(31)20-6-7-20)24(21)23(17-22)34(32,33)27-9-11-28-12-14-29(15-13-28)18-19-4-2-1-3-5-19/h1-5,16-17,20,27H,6-15,18H2. The summed E-state index contributed by atoms with van der Waals surface area (Å²) in [7, 11) is -3.74. The third-order valence-electron chi connectivity index (χ3n) is 6.91. The largest absolute Gasteiger partial charge is 0.310 e. The van der Waals surface area contributed by atoms with Crippen molar-refractivity contribution in [1.82, 2.24) is 14.5 Å². The molecule has 5 rings (SSSR count). The number of nitrogens with zero attached hydrogens (tertiary/aromatic N) is 3. The van der Waals surface area contributed by atoms with E-state index in [4.69, 9.17) is 0 Å². The molecule has 2 fully saturated rings. The second-order valence-electron chi connectivity index (χ2n) is 9.43. The molecule has 1 aliphatic carbocycles. The van der Waals surface area contributed by atoms with Gasteiger partial charge in [0.25, 0.3) is 0 Å². The SMILES string of the molecule is O=C(C1CC1)N1CCc2cc(Br)cc(S(=O)(=O)NCCN3CCN(Cc4ccccc4)CC3)c21. The van der Waals surface area contributed by atoms with Crippen LogP contribution in [0.25, 0.3) is 0 Å². The van der Waals surface area contributed by atoms with Crippen molar-refractivity contribution in [3.05, 3.63) is 58.1 Å². The first-order chi connectivity index (χ1) is 16.4. The Morgan fingerprint density at radius 3 is 2.41 bits per heavy atom. The van der Waals surface area contributed by atoms with Gasteiger partial charge in [0.2, 0.25) is 15.9 Å². The minimum atomic E-state index is -3.74. The topological polar surface area (TPSA) is 73.0 Å². The first-order valence-electron chi connectivity index (χ1n) is 12.0. The number of carbonyl (C=O) groups excluding carboxylic acids is 1. The fourth-order valence-electron chi connectivity index (χ4n) is 4.87. The number of hydrogen-bond donors (Lipinski definition) is 1. The van der Waals surface area contributed by atoms with E-state index in [0.717, 1.165) is 55.6 Å². The maximum absolute atomic E-state index is 13.3. The van der Waals surface area contributed by atoms with Crippen molar-refractivity contribution < 1.29 is 13.2 Å². The van der Waals surface area contributed by atoms with E-state index in [1.165, 1.54) is 5.56 Å². The molecular weight excluding hydrogens is 516 g/mol. The fourth-order valence-corrected chi connectivity index (χ4v) is 6.82. The Kier molecular flexibility index (Phi) is 7.09. The van der Waals surface area contributed by atoms with Gasteiger partial charge in [-0.1, -0.05) is 46.3 Å². The van der Waals surface area contributed by atoms with E-state index >= 15 is 0 Å². The molecule has 1 saturated carbocycles. The average molecular weight is 548 g/mol. The highest BCUT2D eigenvalue weighted by molar-refractivity contribution is 9.10. The minimum absolute atomic E-state index is 0.0543. The van der Waals surface area contributed by atoms with E-state index in [2.05, 4.69) is 54.7 Å². The Bertz CT molecular complexity index is 1150. The lowest BCUT2D eigenvalue weighted by atomic mass is 10.2. The van der Waals surface area contributed by atoms with Crippen LogP contribution in [0.15, 0.2) is 51.8 Å². The number of hydrogen-bond acceptors (Lipinski definition) is 5. The monoisotopic (exact) mass is 546 g/mol. The summed E-state index contributed by atoms with van der Waals surface area (Å²) in [6, 6.07) is 14.0. The van der Waals surface area contributed by atoms with Crippen molar-refractivity contribution >= 4 is 37.5 Å². The van der Waals surface area contributed by atoms with Crippen molar-refractivity contribution in [2.24, 2.45) is 5.92 Å². The highest BCUT2D eigenvalue weighted by Gasteiger charge is 2.39. The summed E-state index contributed by atoms with van der Waals surface area (Å²) in [4.78, 5) is 19.4. The number of fused-ring (bicyclic) bond motifs is 1. The zero-order valence-electron chi connectivity index (χ0n) is 19.2. The molecule has 7 nitrogen and oxygen atoms in total. The van der Waals surface area contributed by atoms with Crippen LogP contribution in [-0.4, -0.2) is 69.9 Å². The van der Waals surface area contributed by atoms with Gasteiger partial charge in [0.1, 0.15) is 4.90 Å². The number of sulfonamides is 1. The average Bonchev–Trinajstić information content (AvgIpc) is 3.59. The number of anilines is 1. The lowest BCUT2D eigenvalue weighted by Gasteiger charge is -2.34. The number of amides is 1. The molecule has 3 aliphatic rings. The highest BCUT2D eigenvalue weighted by atomic mass is 79.9. The van der Waals surface area contributed by atoms with E-state index in [9.17, 15) is 13.2 Å². The minimum Gasteiger partial charge on any atom is -0.310 e. The molecule has 0 aromatic heterocycles. The van der Waals surface area contributed by atoms with E-state index in [1.54, 1.807) is 11.0 Å². The molecule has 1 saturated heterocycles. The van der Waals surface area contributed by atoms with Crippen LogP contribution in [0.5, 0.6) is 0 Å². The van der Waals surface area contributed by atoms with Gasteiger partial charge in [-0.25, -0.2) is 13.1 Å². The summed E-state index contributed by atoms with van der Waals surface area (Å²) in [5, 5.41) is 0. The number of benzene rings is 2. The van der Waals surface area contributed by atoms with Gasteiger partial charge in [-0.2, -0.15) is 0 Å². The second kappa shape index (κ2) is 10.1. The predicted octanol–water partition coefficient (Wildman–Crippen LogP) is 2.84. The van der Waals surface area contributed by atoms with E-state index < -0.39 is 10.0 Å². The molecular formula is C25H31BrN4O3S. The fraction of sp³-hybridized carbons (Fsp3) is 0.480. The molecule has 34 heavy (non-hydrogen) atoms. The summed E-state index contributed by atoms with van der Waals surface area (Å²) < 4.78 is 30.1. The Morgan fingerprint density at radius 2 is 1.71 bits per heavy atom. The van der Waals surface area contributed by atoms with Crippen LogP contribution in [0.3, 0.4) is 0 Å². The Hall–Kier alpha value is -1.78. The highest BCUT2D eigenvalue weighted by Crippen LogP contribution is 2.41. The number of carbonyl (C=O) groups is 1. The number of piperazine rings is 1. The van der Waals surface area contributed by atoms with Crippen molar-refractivity contribution in [1.29, 1.82) is 0 Å². The third kappa shape index (κ3) is 5.39. The first-order valence-corrected chi connectivity index (χ1v) is 14.3. The Balaban J connectivity index is 1.18. The number of halogens is 1. The van der Waals surface area contributed by atoms with Gasteiger partial charge in [-0.3, -0.25) is 14.6 Å². The molecule has 0 unspecified atom stereocenters. The summed E-state index contributed by atoms with van der Waals surface area (Å²) in [6.07, 6.45) is 2.49. The van der Waals surface area contributed by atoms with Crippen LogP contribution in [0.4, 0.5) is 5.69 Å². The molecule has 2 aromatic carbocycles. The zero-order valence-corrected chi connectivity index (χ0v) is 21.7. The lowest BCUT2D eigenvalue weighted by molar-refractivity contribution is -0.119. The maximum atomic E-state index is 13.3. The van der Waals surface area contributed by atoms with Crippen LogP contribution >= 0.6 is 15.9 Å². The van der Waals surface area contributed by atoms with Crippen molar-refractivity contribution in [2.75, 3.05) is 50.7 Å². The van der Waals surface area contributed by atoms with Gasteiger partial charge in [-0.15, -0.1) is 0 Å². The predicted molar refractivity (Wildman–Crippen MR) is 136 cm³/mol. The quantitative estimate of drug-likeness (QED) is 0.551. The summed E-state index contributed by atoms with van der Waals surface area (Å²) in [5.74, 6) is 0.115. The zero-order chi connectivity index (χ0) is 23.7. The van der Waals surface area contributed by atoms with Crippen LogP contribution in [0.2, 0.25) is 0 Å². The Morgan fingerprint density at radius 1 is 1.00 bits per heavy atom. The molecule has 2 heterocycles. The van der Waals surface area contributed by atoms with Gasteiger partial charge in [0.15, 0.2) is 0 Å². The smallest absolute Gasteiger partial charge is 0.242 e. The summed E-state index contributed by atoms with van der Waals surface area (Å²) in [5.41, 5.74) is 2.81. The van der Waals surface area contributed by atoms with Crippen molar-refractivity contribution in [3.8, 4) is 0 Å². The van der Waals surface area contributed by atoms with Gasteiger partial charge < -0.3 is 4.90 Å². The molecule has 182 valence electrons. The molecule has 0 atom stereocenters. The molecule has 0 spiro atoms. The van der Waals surface area contributed by atoms with Gasteiger partial charge in [0.05, 0.1) is 5.69 Å². The van der Waals surface area contributed by atoms with Crippen LogP contribution in [0, 0.1) is 5.92 Å². The van der Waals surface area contributed by atoms with Crippen LogP contribution < -0.4 is 9.62 Å². The van der Waals surface area contributed by atoms with E-state index in [0.29, 0.717) is 31.7 Å². The van der Waals surface area contributed by atoms with Gasteiger partial charge in [0, 0.05) is 62.7 Å². The third-order valence-corrected chi connectivity index (χ3v) is 8.84. The summed E-state index contributed by atoms with van der Waals surface area (Å²) >= 11 is 3.46. The molecule has 1 amide bonds. The second-order valence-corrected chi connectivity index (χ2v) is 12.1. The summed E-state index contributed by atoms with van der Waals surface area (Å²) in [6.45, 7) is 6.30. The molecule has 2 aromatic rings. The van der Waals surface area contributed by atoms with E-state index in [1.807, 2.05) is 12.1 Å². The van der Waals surface area contributed by atoms with Gasteiger partial charge in [-0.05, 0) is 42.5 Å². The maximum Gasteiger partial charge on any atom is 0.242 e. The van der Waals surface area contributed by atoms with E-state index in [-0.39, 0.29) is 16.7 Å². The number of nitrogens with one attached hydrogen (secondary N) is 1. The van der Waals surface area contributed by atoms with Crippen LogP contribution in [-0.2, 0) is 27.8 Å². The molecule has 0 bridgehead atoms. The molecule has 1 N–H and O–H groups in total. The normalized spacial score (nSPS) is 19.4. The molecule has 0 radical (unpaired) electrons. The van der Waals surface area contributed by atoms with Crippen molar-refractivity contribution in [2.45, 2.75) is 30.7 Å². The molecule has 2 aliphatic heterocycles. The molecule has 9 heteroatoms. The number of rotatable bonds is 8. The lowest BCUT2D eigenvalue weighted by Crippen LogP contribution is -2.48. The van der Waals surface area contributed by atoms with Gasteiger partial charge >= 0.3 is 0 Å². The Labute approximate surface area is 210 Å². The first kappa shape index (κ1) is 23.9.